The van der Waals surface area contributed by atoms with Crippen molar-refractivity contribution in [1.82, 2.24) is 9.47 Å². The lowest BCUT2D eigenvalue weighted by atomic mass is 9.67. The molecule has 1 aromatic rings. The fourth-order valence-electron chi connectivity index (χ4n) is 10.8. The number of thioether (sulfide) groups is 1. The van der Waals surface area contributed by atoms with E-state index in [-0.39, 0.29) is 0 Å². The van der Waals surface area contributed by atoms with Crippen LogP contribution in [0.15, 0.2) is 89.3 Å². The molecule has 7 atom stereocenters. The Kier molecular flexibility index (Phi) is 6.55. The maximum absolute atomic E-state index is 2.99. The standard InChI is InChI=1S/C42H46N2S/c1-3-12-27(13-4-1)28-14-11-17-30(26-28)43-36-21-10-8-19-33(36)39-37(43)24-25-38-40(39)34-23-22-32-31-18-7-9-20-35(31)44(41(32)42(34)45-38)29-15-5-2-6-16-29/h1,3,5,7,12,15-16,18,22-26,30,34,37-40,42H,2,4,6,8-11,13-14,17,19-21H2. The summed E-state index contributed by atoms with van der Waals surface area (Å²) in [5.41, 5.74) is 14.5. The van der Waals surface area contributed by atoms with Gasteiger partial charge in [-0.2, -0.15) is 0 Å². The summed E-state index contributed by atoms with van der Waals surface area (Å²) in [6.07, 6.45) is 48.9. The Balaban J connectivity index is 1.04. The maximum atomic E-state index is 2.99. The molecule has 9 aliphatic rings. The van der Waals surface area contributed by atoms with Crippen molar-refractivity contribution >= 4 is 29.6 Å². The van der Waals surface area contributed by atoms with E-state index in [0.29, 0.717) is 40.3 Å². The molecular weight excluding hydrogens is 565 g/mol. The summed E-state index contributed by atoms with van der Waals surface area (Å²) < 4.78 is 2.74. The molecule has 2 nitrogen and oxygen atoms in total. The second-order valence-electron chi connectivity index (χ2n) is 14.9. The molecule has 7 unspecified atom stereocenters. The molecule has 0 amide bonds. The van der Waals surface area contributed by atoms with Crippen molar-refractivity contribution in [1.29, 1.82) is 0 Å². The molecular formula is C42H46N2S. The number of rotatable bonds is 3. The Hall–Kier alpha value is -2.91. The second kappa shape index (κ2) is 10.8. The van der Waals surface area contributed by atoms with Gasteiger partial charge in [-0.15, -0.1) is 11.8 Å². The molecule has 3 heterocycles. The first-order chi connectivity index (χ1) is 22.3. The van der Waals surface area contributed by atoms with Gasteiger partial charge in [0.2, 0.25) is 0 Å². The third-order valence-electron chi connectivity index (χ3n) is 12.6. The van der Waals surface area contributed by atoms with Crippen molar-refractivity contribution in [2.45, 2.75) is 106 Å². The average Bonchev–Trinajstić information content (AvgIpc) is 3.76. The van der Waals surface area contributed by atoms with E-state index < -0.39 is 0 Å². The van der Waals surface area contributed by atoms with Crippen LogP contribution in [-0.4, -0.2) is 26.8 Å². The quantitative estimate of drug-likeness (QED) is 0.315. The first-order valence-electron chi connectivity index (χ1n) is 18.3. The average molecular weight is 611 g/mol. The van der Waals surface area contributed by atoms with E-state index >= 15 is 0 Å². The predicted molar refractivity (Wildman–Crippen MR) is 190 cm³/mol. The van der Waals surface area contributed by atoms with Gasteiger partial charge in [0, 0.05) is 51.1 Å². The minimum atomic E-state index is 0.535. The molecule has 1 saturated heterocycles. The van der Waals surface area contributed by atoms with Crippen LogP contribution in [-0.2, 0) is 6.42 Å². The van der Waals surface area contributed by atoms with Gasteiger partial charge in [0.25, 0.3) is 0 Å². The van der Waals surface area contributed by atoms with Gasteiger partial charge in [-0.05, 0) is 118 Å². The molecule has 0 spiro atoms. The van der Waals surface area contributed by atoms with Crippen LogP contribution < -0.4 is 0 Å². The zero-order chi connectivity index (χ0) is 29.5. The summed E-state index contributed by atoms with van der Waals surface area (Å²) in [5, 5.41) is 1.14. The van der Waals surface area contributed by atoms with Gasteiger partial charge in [0.05, 0.1) is 11.3 Å². The van der Waals surface area contributed by atoms with E-state index in [1.165, 1.54) is 81.0 Å². The second-order valence-corrected chi connectivity index (χ2v) is 16.2. The van der Waals surface area contributed by atoms with Crippen molar-refractivity contribution in [2.24, 2.45) is 17.8 Å². The lowest BCUT2D eigenvalue weighted by molar-refractivity contribution is 0.170. The van der Waals surface area contributed by atoms with Crippen molar-refractivity contribution in [3.05, 3.63) is 112 Å². The van der Waals surface area contributed by atoms with Crippen LogP contribution in [0.1, 0.15) is 105 Å². The van der Waals surface area contributed by atoms with E-state index in [2.05, 4.69) is 100 Å². The molecule has 45 heavy (non-hydrogen) atoms. The van der Waals surface area contributed by atoms with Crippen LogP contribution in [0, 0.1) is 17.8 Å². The number of fused-ring (bicyclic) bond motifs is 10. The van der Waals surface area contributed by atoms with Gasteiger partial charge in [0.1, 0.15) is 0 Å². The Morgan fingerprint density at radius 1 is 0.756 bits per heavy atom. The van der Waals surface area contributed by atoms with Gasteiger partial charge in [-0.1, -0.05) is 72.9 Å². The SMILES string of the molecule is C1=CCCC(C2=CC(N3C4=C(CCCC4)C4C5C(C=CC43)SC3c4c(c6c(n4C4=CCCC=C4)CCC=C6)C=CC35)CCC2)=C1. The largest absolute Gasteiger partial charge is 0.361 e. The van der Waals surface area contributed by atoms with E-state index in [4.69, 9.17) is 0 Å². The highest BCUT2D eigenvalue weighted by Gasteiger charge is 2.57. The van der Waals surface area contributed by atoms with Gasteiger partial charge in [0.15, 0.2) is 0 Å². The van der Waals surface area contributed by atoms with E-state index in [0.717, 1.165) is 19.3 Å². The Labute approximate surface area is 273 Å². The van der Waals surface area contributed by atoms with Crippen molar-refractivity contribution < 1.29 is 0 Å². The number of hydrogen-bond acceptors (Lipinski definition) is 2. The van der Waals surface area contributed by atoms with Crippen LogP contribution in [0.2, 0.25) is 0 Å². The van der Waals surface area contributed by atoms with Crippen molar-refractivity contribution in [3.63, 3.8) is 0 Å². The summed E-state index contributed by atoms with van der Waals surface area (Å²) in [5.74, 6) is 1.97. The lowest BCUT2D eigenvalue weighted by Crippen LogP contribution is -2.46. The molecule has 7 aliphatic carbocycles. The number of aromatic nitrogens is 1. The molecule has 0 bridgehead atoms. The summed E-state index contributed by atoms with van der Waals surface area (Å²) in [6, 6.07) is 1.09. The van der Waals surface area contributed by atoms with E-state index in [1.807, 2.05) is 5.57 Å². The van der Waals surface area contributed by atoms with Crippen molar-refractivity contribution in [3.8, 4) is 0 Å². The summed E-state index contributed by atoms with van der Waals surface area (Å²) >= 11 is 2.31. The molecule has 1 aromatic heterocycles. The summed E-state index contributed by atoms with van der Waals surface area (Å²) in [4.78, 5) is 2.99. The molecule has 0 saturated carbocycles. The predicted octanol–water partition coefficient (Wildman–Crippen LogP) is 10.5. The van der Waals surface area contributed by atoms with Crippen LogP contribution >= 0.6 is 11.8 Å². The molecule has 0 aromatic carbocycles. The first kappa shape index (κ1) is 27.2. The monoisotopic (exact) mass is 610 g/mol. The molecule has 1 fully saturated rings. The van der Waals surface area contributed by atoms with Gasteiger partial charge in [-0.3, -0.25) is 0 Å². The molecule has 2 aliphatic heterocycles. The van der Waals surface area contributed by atoms with Crippen LogP contribution in [0.4, 0.5) is 0 Å². The van der Waals surface area contributed by atoms with Crippen LogP contribution in [0.25, 0.3) is 17.8 Å². The zero-order valence-corrected chi connectivity index (χ0v) is 27.4. The third-order valence-corrected chi connectivity index (χ3v) is 14.2. The Morgan fingerprint density at radius 2 is 1.69 bits per heavy atom. The first-order valence-corrected chi connectivity index (χ1v) is 19.2. The van der Waals surface area contributed by atoms with Crippen LogP contribution in [0.3, 0.4) is 0 Å². The van der Waals surface area contributed by atoms with Gasteiger partial charge in [-0.25, -0.2) is 0 Å². The molecule has 3 heteroatoms. The Bertz CT molecular complexity index is 1710. The van der Waals surface area contributed by atoms with E-state index in [1.54, 1.807) is 28.2 Å². The highest BCUT2D eigenvalue weighted by atomic mass is 32.2. The Morgan fingerprint density at radius 3 is 2.60 bits per heavy atom. The number of hydrogen-bond donors (Lipinski definition) is 0. The maximum Gasteiger partial charge on any atom is 0.0546 e. The highest BCUT2D eigenvalue weighted by Crippen LogP contribution is 2.64. The van der Waals surface area contributed by atoms with E-state index in [9.17, 15) is 0 Å². The molecule has 10 rings (SSSR count). The number of nitrogens with zero attached hydrogens (tertiary/aromatic N) is 2. The number of allylic oxidation sites excluding steroid dienone is 12. The highest BCUT2D eigenvalue weighted by molar-refractivity contribution is 8.00. The fourth-order valence-corrected chi connectivity index (χ4v) is 12.7. The lowest BCUT2D eigenvalue weighted by Gasteiger charge is -2.43. The van der Waals surface area contributed by atoms with Gasteiger partial charge >= 0.3 is 0 Å². The topological polar surface area (TPSA) is 8.17 Å². The van der Waals surface area contributed by atoms with Crippen molar-refractivity contribution in [2.75, 3.05) is 0 Å². The molecule has 230 valence electrons. The molecule has 0 radical (unpaired) electrons. The van der Waals surface area contributed by atoms with Gasteiger partial charge < -0.3 is 9.47 Å². The fraction of sp³-hybridized carbons (Fsp3) is 0.476. The minimum absolute atomic E-state index is 0.535. The van der Waals surface area contributed by atoms with Crippen LogP contribution in [0.5, 0.6) is 0 Å². The summed E-state index contributed by atoms with van der Waals surface area (Å²) in [6.45, 7) is 0. The smallest absolute Gasteiger partial charge is 0.0546 e. The normalized spacial score (nSPS) is 35.7. The summed E-state index contributed by atoms with van der Waals surface area (Å²) in [7, 11) is 0. The third kappa shape index (κ3) is 4.14. The zero-order valence-electron chi connectivity index (χ0n) is 26.5. The minimum Gasteiger partial charge on any atom is -0.361 e. The molecule has 0 N–H and O–H groups in total.